The fourth-order valence-corrected chi connectivity index (χ4v) is 2.46. The van der Waals surface area contributed by atoms with Gasteiger partial charge in [0.15, 0.2) is 0 Å². The summed E-state index contributed by atoms with van der Waals surface area (Å²) in [5.41, 5.74) is 2.63. The van der Waals surface area contributed by atoms with Crippen LogP contribution in [-0.2, 0) is 0 Å². The van der Waals surface area contributed by atoms with Crippen LogP contribution in [0, 0.1) is 5.82 Å². The third-order valence-corrected chi connectivity index (χ3v) is 3.93. The number of methoxy groups -OCH3 is 1. The first-order chi connectivity index (χ1) is 12.1. The van der Waals surface area contributed by atoms with E-state index in [4.69, 9.17) is 4.74 Å². The highest BCUT2D eigenvalue weighted by Crippen LogP contribution is 2.20. The SMILES string of the molecule is COc1ccc(C(C)NC(=O)c2cc(-c3ccc(F)cc3)n[nH]2)cc1. The lowest BCUT2D eigenvalue weighted by molar-refractivity contribution is 0.0935. The Morgan fingerprint density at radius 3 is 2.48 bits per heavy atom. The molecule has 2 aromatic carbocycles. The summed E-state index contributed by atoms with van der Waals surface area (Å²) in [6, 6.07) is 14.9. The molecule has 3 aromatic rings. The number of nitrogens with zero attached hydrogens (tertiary/aromatic N) is 1. The van der Waals surface area contributed by atoms with Crippen molar-refractivity contribution in [2.45, 2.75) is 13.0 Å². The number of nitrogens with one attached hydrogen (secondary N) is 2. The van der Waals surface area contributed by atoms with Crippen LogP contribution in [0.3, 0.4) is 0 Å². The summed E-state index contributed by atoms with van der Waals surface area (Å²) in [7, 11) is 1.61. The minimum absolute atomic E-state index is 0.170. The summed E-state index contributed by atoms with van der Waals surface area (Å²) >= 11 is 0. The van der Waals surface area contributed by atoms with Gasteiger partial charge in [0.2, 0.25) is 0 Å². The van der Waals surface area contributed by atoms with E-state index >= 15 is 0 Å². The Kier molecular flexibility index (Phi) is 4.79. The molecule has 0 aliphatic heterocycles. The Morgan fingerprint density at radius 2 is 1.84 bits per heavy atom. The molecule has 0 saturated carbocycles. The average molecular weight is 339 g/mol. The van der Waals surface area contributed by atoms with Gasteiger partial charge in [0.1, 0.15) is 17.3 Å². The Labute approximate surface area is 144 Å². The first-order valence-corrected chi connectivity index (χ1v) is 7.83. The molecule has 25 heavy (non-hydrogen) atoms. The van der Waals surface area contributed by atoms with Crippen LogP contribution in [0.1, 0.15) is 29.0 Å². The van der Waals surface area contributed by atoms with Gasteiger partial charge < -0.3 is 10.1 Å². The Morgan fingerprint density at radius 1 is 1.16 bits per heavy atom. The van der Waals surface area contributed by atoms with Crippen LogP contribution in [0.25, 0.3) is 11.3 Å². The van der Waals surface area contributed by atoms with E-state index < -0.39 is 0 Å². The number of benzene rings is 2. The highest BCUT2D eigenvalue weighted by molar-refractivity contribution is 5.93. The minimum Gasteiger partial charge on any atom is -0.497 e. The number of rotatable bonds is 5. The molecule has 1 aromatic heterocycles. The van der Waals surface area contributed by atoms with E-state index in [0.717, 1.165) is 16.9 Å². The molecule has 1 unspecified atom stereocenters. The second kappa shape index (κ2) is 7.17. The van der Waals surface area contributed by atoms with Crippen LogP contribution in [0.2, 0.25) is 0 Å². The molecule has 0 aliphatic rings. The number of halogens is 1. The summed E-state index contributed by atoms with van der Waals surface area (Å²) in [5.74, 6) is 0.189. The van der Waals surface area contributed by atoms with Crippen molar-refractivity contribution in [1.29, 1.82) is 0 Å². The van der Waals surface area contributed by atoms with Gasteiger partial charge in [-0.15, -0.1) is 0 Å². The van der Waals surface area contributed by atoms with Gasteiger partial charge in [-0.05, 0) is 55.0 Å². The molecular weight excluding hydrogens is 321 g/mol. The Bertz CT molecular complexity index is 857. The number of hydrogen-bond donors (Lipinski definition) is 2. The van der Waals surface area contributed by atoms with Crippen LogP contribution in [0.4, 0.5) is 4.39 Å². The van der Waals surface area contributed by atoms with Crippen molar-refractivity contribution >= 4 is 5.91 Å². The Hall–Kier alpha value is -3.15. The van der Waals surface area contributed by atoms with E-state index in [-0.39, 0.29) is 17.8 Å². The van der Waals surface area contributed by atoms with Crippen molar-refractivity contribution < 1.29 is 13.9 Å². The van der Waals surface area contributed by atoms with Gasteiger partial charge in [0.05, 0.1) is 18.8 Å². The molecule has 0 fully saturated rings. The number of aromatic nitrogens is 2. The molecule has 5 nitrogen and oxygen atoms in total. The zero-order valence-electron chi connectivity index (χ0n) is 13.9. The first-order valence-electron chi connectivity index (χ1n) is 7.83. The van der Waals surface area contributed by atoms with Crippen LogP contribution >= 0.6 is 0 Å². The number of aromatic amines is 1. The van der Waals surface area contributed by atoms with Crippen LogP contribution in [0.5, 0.6) is 5.75 Å². The fourth-order valence-electron chi connectivity index (χ4n) is 2.46. The summed E-state index contributed by atoms with van der Waals surface area (Å²) in [6.45, 7) is 1.90. The third-order valence-electron chi connectivity index (χ3n) is 3.93. The topological polar surface area (TPSA) is 67.0 Å². The molecule has 0 spiro atoms. The highest BCUT2D eigenvalue weighted by Gasteiger charge is 2.14. The lowest BCUT2D eigenvalue weighted by Gasteiger charge is -2.14. The first kappa shape index (κ1) is 16.7. The molecule has 0 aliphatic carbocycles. The number of hydrogen-bond acceptors (Lipinski definition) is 3. The predicted molar refractivity (Wildman–Crippen MR) is 92.9 cm³/mol. The van der Waals surface area contributed by atoms with Crippen molar-refractivity contribution in [2.24, 2.45) is 0 Å². The molecule has 0 radical (unpaired) electrons. The predicted octanol–water partition coefficient (Wildman–Crippen LogP) is 3.72. The van der Waals surface area contributed by atoms with Gasteiger partial charge in [-0.25, -0.2) is 4.39 Å². The second-order valence-corrected chi connectivity index (χ2v) is 5.64. The van der Waals surface area contributed by atoms with Crippen molar-refractivity contribution in [3.63, 3.8) is 0 Å². The van der Waals surface area contributed by atoms with E-state index in [1.807, 2.05) is 31.2 Å². The number of carbonyl (C=O) groups excluding carboxylic acids is 1. The molecule has 0 saturated heterocycles. The van der Waals surface area contributed by atoms with Crippen LogP contribution in [0.15, 0.2) is 54.6 Å². The molecule has 1 heterocycles. The van der Waals surface area contributed by atoms with Crippen molar-refractivity contribution in [3.8, 4) is 17.0 Å². The molecular formula is C19H18FN3O2. The summed E-state index contributed by atoms with van der Waals surface area (Å²) < 4.78 is 18.1. The fraction of sp³-hybridized carbons (Fsp3) is 0.158. The Balaban J connectivity index is 1.69. The number of carbonyl (C=O) groups is 1. The zero-order chi connectivity index (χ0) is 17.8. The summed E-state index contributed by atoms with van der Waals surface area (Å²) in [5, 5.41) is 9.75. The normalized spacial score (nSPS) is 11.8. The smallest absolute Gasteiger partial charge is 0.269 e. The van der Waals surface area contributed by atoms with E-state index in [9.17, 15) is 9.18 Å². The standard InChI is InChI=1S/C19H18FN3O2/c1-12(13-5-9-16(25-2)10-6-13)21-19(24)18-11-17(22-23-18)14-3-7-15(20)8-4-14/h3-12H,1-2H3,(H,21,24)(H,22,23). The van der Waals surface area contributed by atoms with Gasteiger partial charge in [0, 0.05) is 5.56 Å². The van der Waals surface area contributed by atoms with Crippen molar-refractivity contribution in [2.75, 3.05) is 7.11 Å². The number of ether oxygens (including phenoxy) is 1. The quantitative estimate of drug-likeness (QED) is 0.744. The number of H-pyrrole nitrogens is 1. The lowest BCUT2D eigenvalue weighted by atomic mass is 10.1. The molecule has 1 amide bonds. The molecule has 3 rings (SSSR count). The maximum Gasteiger partial charge on any atom is 0.269 e. The van der Waals surface area contributed by atoms with Crippen LogP contribution < -0.4 is 10.1 Å². The monoisotopic (exact) mass is 339 g/mol. The van der Waals surface area contributed by atoms with Gasteiger partial charge in [-0.1, -0.05) is 12.1 Å². The lowest BCUT2D eigenvalue weighted by Crippen LogP contribution is -2.26. The van der Waals surface area contributed by atoms with Gasteiger partial charge >= 0.3 is 0 Å². The minimum atomic E-state index is -0.314. The molecule has 1 atom stereocenters. The summed E-state index contributed by atoms with van der Waals surface area (Å²) in [4.78, 5) is 12.4. The maximum absolute atomic E-state index is 13.0. The van der Waals surface area contributed by atoms with Crippen LogP contribution in [-0.4, -0.2) is 23.2 Å². The van der Waals surface area contributed by atoms with E-state index in [2.05, 4.69) is 15.5 Å². The maximum atomic E-state index is 13.0. The second-order valence-electron chi connectivity index (χ2n) is 5.64. The van der Waals surface area contributed by atoms with Gasteiger partial charge in [0.25, 0.3) is 5.91 Å². The largest absolute Gasteiger partial charge is 0.497 e. The molecule has 128 valence electrons. The summed E-state index contributed by atoms with van der Waals surface area (Å²) in [6.07, 6.45) is 0. The van der Waals surface area contributed by atoms with Crippen molar-refractivity contribution in [3.05, 3.63) is 71.7 Å². The van der Waals surface area contributed by atoms with Crippen molar-refractivity contribution in [1.82, 2.24) is 15.5 Å². The zero-order valence-corrected chi connectivity index (χ0v) is 13.9. The third kappa shape index (κ3) is 3.85. The number of amides is 1. The van der Waals surface area contributed by atoms with E-state index in [1.54, 1.807) is 25.3 Å². The van der Waals surface area contributed by atoms with E-state index in [1.165, 1.54) is 12.1 Å². The van der Waals surface area contributed by atoms with Gasteiger partial charge in [-0.3, -0.25) is 9.89 Å². The van der Waals surface area contributed by atoms with E-state index in [0.29, 0.717) is 11.4 Å². The molecule has 0 bridgehead atoms. The van der Waals surface area contributed by atoms with Gasteiger partial charge in [-0.2, -0.15) is 5.10 Å². The average Bonchev–Trinajstić information content (AvgIpc) is 3.12. The molecule has 2 N–H and O–H groups in total. The molecule has 6 heteroatoms. The highest BCUT2D eigenvalue weighted by atomic mass is 19.1.